The summed E-state index contributed by atoms with van der Waals surface area (Å²) in [6, 6.07) is 6.36. The Balaban J connectivity index is 1.76. The molecule has 0 unspecified atom stereocenters. The second-order valence-corrected chi connectivity index (χ2v) is 6.14. The number of anilines is 1. The summed E-state index contributed by atoms with van der Waals surface area (Å²) in [7, 11) is 0. The third-order valence-electron chi connectivity index (χ3n) is 2.68. The molecule has 1 N–H and O–H groups in total. The SMILES string of the molecule is Cc1ccc(SCCC(=O)Nc2nncs2)cc1C. The van der Waals surface area contributed by atoms with Crippen LogP contribution in [0.5, 0.6) is 0 Å². The van der Waals surface area contributed by atoms with Crippen LogP contribution in [0, 0.1) is 13.8 Å². The van der Waals surface area contributed by atoms with Crippen molar-refractivity contribution in [2.24, 2.45) is 0 Å². The fraction of sp³-hybridized carbons (Fsp3) is 0.308. The molecule has 2 aromatic rings. The van der Waals surface area contributed by atoms with Crippen LogP contribution in [0.4, 0.5) is 5.13 Å². The lowest BCUT2D eigenvalue weighted by Crippen LogP contribution is -2.11. The van der Waals surface area contributed by atoms with Gasteiger partial charge < -0.3 is 5.32 Å². The van der Waals surface area contributed by atoms with Gasteiger partial charge in [-0.15, -0.1) is 22.0 Å². The van der Waals surface area contributed by atoms with E-state index >= 15 is 0 Å². The number of rotatable bonds is 5. The molecule has 0 aliphatic rings. The second kappa shape index (κ2) is 6.68. The van der Waals surface area contributed by atoms with Crippen molar-refractivity contribution in [3.05, 3.63) is 34.8 Å². The molecule has 1 amide bonds. The molecule has 0 atom stereocenters. The lowest BCUT2D eigenvalue weighted by molar-refractivity contribution is -0.115. The highest BCUT2D eigenvalue weighted by molar-refractivity contribution is 7.99. The molecular weight excluding hydrogens is 278 g/mol. The molecule has 0 bridgehead atoms. The smallest absolute Gasteiger partial charge is 0.227 e. The Morgan fingerprint density at radius 1 is 1.37 bits per heavy atom. The standard InChI is InChI=1S/C13H15N3OS2/c1-9-3-4-11(7-10(9)2)18-6-5-12(17)15-13-16-14-8-19-13/h3-4,7-8H,5-6H2,1-2H3,(H,15,16,17). The molecule has 1 aromatic heterocycles. The number of aryl methyl sites for hydroxylation is 2. The van der Waals surface area contributed by atoms with Gasteiger partial charge in [0.2, 0.25) is 11.0 Å². The highest BCUT2D eigenvalue weighted by Crippen LogP contribution is 2.21. The number of hydrogen-bond donors (Lipinski definition) is 1. The van der Waals surface area contributed by atoms with Gasteiger partial charge in [-0.05, 0) is 37.1 Å². The zero-order valence-electron chi connectivity index (χ0n) is 10.8. The van der Waals surface area contributed by atoms with Gasteiger partial charge >= 0.3 is 0 Å². The van der Waals surface area contributed by atoms with E-state index in [1.54, 1.807) is 17.3 Å². The molecule has 0 aliphatic carbocycles. The molecule has 0 spiro atoms. The van der Waals surface area contributed by atoms with Crippen LogP contribution < -0.4 is 5.32 Å². The van der Waals surface area contributed by atoms with Gasteiger partial charge in [-0.2, -0.15) is 0 Å². The minimum Gasteiger partial charge on any atom is -0.301 e. The van der Waals surface area contributed by atoms with E-state index in [2.05, 4.69) is 47.6 Å². The van der Waals surface area contributed by atoms with Crippen LogP contribution >= 0.6 is 23.1 Å². The first kappa shape index (κ1) is 14.0. The summed E-state index contributed by atoms with van der Waals surface area (Å²) in [6.45, 7) is 4.20. The van der Waals surface area contributed by atoms with E-state index in [-0.39, 0.29) is 5.91 Å². The van der Waals surface area contributed by atoms with E-state index in [4.69, 9.17) is 0 Å². The topological polar surface area (TPSA) is 54.9 Å². The van der Waals surface area contributed by atoms with E-state index in [9.17, 15) is 4.79 Å². The van der Waals surface area contributed by atoms with Gasteiger partial charge in [-0.1, -0.05) is 17.4 Å². The molecule has 6 heteroatoms. The Labute approximate surface area is 120 Å². The maximum absolute atomic E-state index is 11.6. The van der Waals surface area contributed by atoms with Crippen molar-refractivity contribution in [1.82, 2.24) is 10.2 Å². The van der Waals surface area contributed by atoms with Crippen molar-refractivity contribution in [3.8, 4) is 0 Å². The Hall–Kier alpha value is -1.40. The monoisotopic (exact) mass is 293 g/mol. The molecule has 0 saturated heterocycles. The zero-order chi connectivity index (χ0) is 13.7. The van der Waals surface area contributed by atoms with Crippen LogP contribution in [0.15, 0.2) is 28.6 Å². The van der Waals surface area contributed by atoms with E-state index in [1.807, 2.05) is 0 Å². The third-order valence-corrected chi connectivity index (χ3v) is 4.28. The summed E-state index contributed by atoms with van der Waals surface area (Å²) < 4.78 is 0. The van der Waals surface area contributed by atoms with Crippen molar-refractivity contribution in [2.75, 3.05) is 11.1 Å². The average Bonchev–Trinajstić information content (AvgIpc) is 2.86. The maximum Gasteiger partial charge on any atom is 0.227 e. The van der Waals surface area contributed by atoms with Crippen molar-refractivity contribution < 1.29 is 4.79 Å². The number of hydrogen-bond acceptors (Lipinski definition) is 5. The van der Waals surface area contributed by atoms with Crippen LogP contribution in [-0.2, 0) is 4.79 Å². The molecule has 1 heterocycles. The van der Waals surface area contributed by atoms with Gasteiger partial charge in [0.25, 0.3) is 0 Å². The third kappa shape index (κ3) is 4.33. The molecule has 19 heavy (non-hydrogen) atoms. The number of nitrogens with zero attached hydrogens (tertiary/aromatic N) is 2. The Morgan fingerprint density at radius 3 is 2.89 bits per heavy atom. The molecule has 4 nitrogen and oxygen atoms in total. The molecule has 0 radical (unpaired) electrons. The first-order valence-electron chi connectivity index (χ1n) is 5.91. The fourth-order valence-corrected chi connectivity index (χ4v) is 2.88. The molecule has 0 saturated carbocycles. The predicted molar refractivity (Wildman–Crippen MR) is 79.8 cm³/mol. The summed E-state index contributed by atoms with van der Waals surface area (Å²) >= 11 is 3.01. The number of benzene rings is 1. The molecule has 1 aromatic carbocycles. The average molecular weight is 293 g/mol. The minimum atomic E-state index is -0.0203. The lowest BCUT2D eigenvalue weighted by atomic mass is 10.1. The second-order valence-electron chi connectivity index (χ2n) is 4.14. The van der Waals surface area contributed by atoms with Crippen LogP contribution in [0.1, 0.15) is 17.5 Å². The number of nitrogens with one attached hydrogen (secondary N) is 1. The van der Waals surface area contributed by atoms with E-state index in [0.29, 0.717) is 11.6 Å². The number of thioether (sulfide) groups is 1. The minimum absolute atomic E-state index is 0.0203. The number of carbonyl (C=O) groups is 1. The Morgan fingerprint density at radius 2 is 2.21 bits per heavy atom. The van der Waals surface area contributed by atoms with E-state index in [0.717, 1.165) is 5.75 Å². The molecule has 0 fully saturated rings. The quantitative estimate of drug-likeness (QED) is 0.860. The highest BCUT2D eigenvalue weighted by atomic mass is 32.2. The van der Waals surface area contributed by atoms with Crippen molar-refractivity contribution in [3.63, 3.8) is 0 Å². The summed E-state index contributed by atoms with van der Waals surface area (Å²) in [4.78, 5) is 12.8. The maximum atomic E-state index is 11.6. The summed E-state index contributed by atoms with van der Waals surface area (Å²) in [5, 5.41) is 10.7. The summed E-state index contributed by atoms with van der Waals surface area (Å²) in [6.07, 6.45) is 0.469. The largest absolute Gasteiger partial charge is 0.301 e. The van der Waals surface area contributed by atoms with Crippen LogP contribution in [0.3, 0.4) is 0 Å². The van der Waals surface area contributed by atoms with Gasteiger partial charge in [0, 0.05) is 17.1 Å². The number of carbonyl (C=O) groups excluding carboxylic acids is 1. The first-order valence-corrected chi connectivity index (χ1v) is 7.78. The van der Waals surface area contributed by atoms with Gasteiger partial charge in [-0.25, -0.2) is 0 Å². The summed E-state index contributed by atoms with van der Waals surface area (Å²) in [5.74, 6) is 0.737. The molecular formula is C13H15N3OS2. The Bertz CT molecular complexity index is 555. The molecule has 100 valence electrons. The lowest BCUT2D eigenvalue weighted by Gasteiger charge is -2.05. The number of aromatic nitrogens is 2. The van der Waals surface area contributed by atoms with Crippen molar-refractivity contribution in [2.45, 2.75) is 25.2 Å². The molecule has 0 aliphatic heterocycles. The van der Waals surface area contributed by atoms with Crippen LogP contribution in [0.2, 0.25) is 0 Å². The first-order chi connectivity index (χ1) is 9.15. The van der Waals surface area contributed by atoms with Crippen molar-refractivity contribution >= 4 is 34.1 Å². The normalized spacial score (nSPS) is 10.4. The number of amides is 1. The van der Waals surface area contributed by atoms with Crippen LogP contribution in [0.25, 0.3) is 0 Å². The predicted octanol–water partition coefficient (Wildman–Crippen LogP) is 3.28. The van der Waals surface area contributed by atoms with Gasteiger partial charge in [-0.3, -0.25) is 4.79 Å². The van der Waals surface area contributed by atoms with Crippen molar-refractivity contribution in [1.29, 1.82) is 0 Å². The zero-order valence-corrected chi connectivity index (χ0v) is 12.5. The Kier molecular flexibility index (Phi) is 4.93. The highest BCUT2D eigenvalue weighted by Gasteiger charge is 2.05. The van der Waals surface area contributed by atoms with Gasteiger partial charge in [0.15, 0.2) is 0 Å². The van der Waals surface area contributed by atoms with Gasteiger partial charge in [0.05, 0.1) is 0 Å². The fourth-order valence-electron chi connectivity index (χ4n) is 1.47. The van der Waals surface area contributed by atoms with Crippen LogP contribution in [-0.4, -0.2) is 21.9 Å². The summed E-state index contributed by atoms with van der Waals surface area (Å²) in [5.41, 5.74) is 4.17. The van der Waals surface area contributed by atoms with Gasteiger partial charge in [0.1, 0.15) is 5.51 Å². The van der Waals surface area contributed by atoms with E-state index < -0.39 is 0 Å². The molecule has 2 rings (SSSR count). The van der Waals surface area contributed by atoms with E-state index in [1.165, 1.54) is 27.4 Å².